The van der Waals surface area contributed by atoms with Crippen LogP contribution >= 0.6 is 0 Å². The van der Waals surface area contributed by atoms with Crippen LogP contribution in [0.2, 0.25) is 5.82 Å². The van der Waals surface area contributed by atoms with Crippen molar-refractivity contribution >= 4 is 13.1 Å². The van der Waals surface area contributed by atoms with Crippen LogP contribution in [0.15, 0.2) is 12.1 Å². The Hall–Kier alpha value is -1.77. The molecule has 0 radical (unpaired) electrons. The van der Waals surface area contributed by atoms with E-state index in [4.69, 9.17) is 15.1 Å². The molecular formula is C15H19BN2O5. The average Bonchev–Trinajstić information content (AvgIpc) is 3.25. The predicted octanol–water partition coefficient (Wildman–Crippen LogP) is 0.137. The molecule has 1 aromatic carbocycles. The molecule has 1 saturated heterocycles. The number of likely N-dealkylation sites (tertiary alicyclic amines) is 1. The predicted molar refractivity (Wildman–Crippen MR) is 83.0 cm³/mol. The summed E-state index contributed by atoms with van der Waals surface area (Å²) in [5.41, 5.74) is 6.39. The Bertz CT molecular complexity index is 649. The monoisotopic (exact) mass is 318 g/mol. The largest absolute Gasteiger partial charge is 0.535 e. The van der Waals surface area contributed by atoms with Gasteiger partial charge in [-0.25, -0.2) is 4.79 Å². The maximum atomic E-state index is 11.7. The molecule has 2 atom stereocenters. The molecule has 1 aromatic rings. The van der Waals surface area contributed by atoms with E-state index in [9.17, 15) is 14.9 Å². The van der Waals surface area contributed by atoms with Gasteiger partial charge in [-0.1, -0.05) is 6.07 Å². The van der Waals surface area contributed by atoms with E-state index in [0.717, 1.165) is 31.6 Å². The number of fused-ring (bicyclic) bond motifs is 3. The van der Waals surface area contributed by atoms with Gasteiger partial charge in [0.2, 0.25) is 0 Å². The molecule has 0 spiro atoms. The first-order valence-electron chi connectivity index (χ1n) is 7.92. The lowest BCUT2D eigenvalue weighted by Gasteiger charge is -2.39. The van der Waals surface area contributed by atoms with Crippen molar-refractivity contribution in [2.75, 3.05) is 26.2 Å². The topological polar surface area (TPSA) is 105 Å². The molecule has 4 rings (SSSR count). The Kier molecular flexibility index (Phi) is 3.48. The molecule has 8 heteroatoms. The van der Waals surface area contributed by atoms with Gasteiger partial charge in [0.25, 0.3) is 0 Å². The van der Waals surface area contributed by atoms with Crippen LogP contribution in [0, 0.1) is 0 Å². The molecular weight excluding hydrogens is 299 g/mol. The number of nitrogens with two attached hydrogens (primary N) is 1. The second-order valence-corrected chi connectivity index (χ2v) is 6.46. The molecule has 1 aliphatic carbocycles. The van der Waals surface area contributed by atoms with Gasteiger partial charge in [-0.3, -0.25) is 4.90 Å². The van der Waals surface area contributed by atoms with Crippen LogP contribution in [0.4, 0.5) is 0 Å². The standard InChI is InChI=1S/C15H19BN2O5/c17-3-4-18-6-8(7-18)22-12-2-1-9-10-5-11(10)16(21)23-14(9)13(12)15(19)20/h1-2,8,10-11,21H,3-7,17H2,(H,19,20)/t10?,11-/m1/s1. The third kappa shape index (κ3) is 2.47. The van der Waals surface area contributed by atoms with E-state index in [2.05, 4.69) is 4.90 Å². The van der Waals surface area contributed by atoms with Crippen molar-refractivity contribution in [3.8, 4) is 11.5 Å². The molecule has 0 bridgehead atoms. The van der Waals surface area contributed by atoms with Crippen LogP contribution in [0.3, 0.4) is 0 Å². The average molecular weight is 318 g/mol. The second kappa shape index (κ2) is 5.40. The number of hydrogen-bond donors (Lipinski definition) is 3. The van der Waals surface area contributed by atoms with Crippen molar-refractivity contribution < 1.29 is 24.3 Å². The van der Waals surface area contributed by atoms with Gasteiger partial charge in [-0.05, 0) is 24.0 Å². The van der Waals surface area contributed by atoms with Crippen LogP contribution in [0.5, 0.6) is 11.5 Å². The fraction of sp³-hybridized carbons (Fsp3) is 0.533. The van der Waals surface area contributed by atoms with E-state index in [1.165, 1.54) is 0 Å². The fourth-order valence-electron chi connectivity index (χ4n) is 3.54. The van der Waals surface area contributed by atoms with Gasteiger partial charge in [0.1, 0.15) is 23.2 Å². The highest BCUT2D eigenvalue weighted by Crippen LogP contribution is 2.60. The third-order valence-electron chi connectivity index (χ3n) is 4.87. The normalized spacial score (nSPS) is 25.9. The van der Waals surface area contributed by atoms with E-state index in [0.29, 0.717) is 12.3 Å². The zero-order chi connectivity index (χ0) is 16.1. The highest BCUT2D eigenvalue weighted by atomic mass is 16.5. The number of benzene rings is 1. The molecule has 7 nitrogen and oxygen atoms in total. The number of ether oxygens (including phenoxy) is 1. The number of carbonyl (C=O) groups is 1. The summed E-state index contributed by atoms with van der Waals surface area (Å²) in [6.45, 7) is 2.89. The minimum atomic E-state index is -1.10. The van der Waals surface area contributed by atoms with Crippen molar-refractivity contribution in [1.82, 2.24) is 4.90 Å². The molecule has 23 heavy (non-hydrogen) atoms. The fourth-order valence-corrected chi connectivity index (χ4v) is 3.54. The molecule has 3 aliphatic rings. The van der Waals surface area contributed by atoms with Crippen molar-refractivity contribution in [3.63, 3.8) is 0 Å². The Balaban J connectivity index is 1.58. The summed E-state index contributed by atoms with van der Waals surface area (Å²) in [5, 5.41) is 19.5. The van der Waals surface area contributed by atoms with Gasteiger partial charge >= 0.3 is 13.1 Å². The SMILES string of the molecule is NCCN1CC(Oc2ccc3c(c2C(=O)O)OB(O)[C@@H]2CC32)C1. The first kappa shape index (κ1) is 14.8. The Morgan fingerprint density at radius 1 is 1.48 bits per heavy atom. The third-order valence-corrected chi connectivity index (χ3v) is 4.87. The quantitative estimate of drug-likeness (QED) is 0.663. The number of aromatic carboxylic acids is 1. The maximum absolute atomic E-state index is 11.7. The number of carboxylic acid groups (broad SMARTS) is 1. The summed E-state index contributed by atoms with van der Waals surface area (Å²) in [7, 11) is -0.926. The van der Waals surface area contributed by atoms with Crippen molar-refractivity contribution in [3.05, 3.63) is 23.3 Å². The van der Waals surface area contributed by atoms with E-state index < -0.39 is 13.1 Å². The number of rotatable bonds is 5. The van der Waals surface area contributed by atoms with E-state index >= 15 is 0 Å². The van der Waals surface area contributed by atoms with Gasteiger partial charge in [0, 0.05) is 32.0 Å². The molecule has 1 saturated carbocycles. The van der Waals surface area contributed by atoms with Gasteiger partial charge in [0.15, 0.2) is 0 Å². The smallest absolute Gasteiger partial charge is 0.526 e. The maximum Gasteiger partial charge on any atom is 0.526 e. The highest BCUT2D eigenvalue weighted by Gasteiger charge is 2.54. The van der Waals surface area contributed by atoms with Gasteiger partial charge < -0.3 is 25.3 Å². The molecule has 2 aliphatic heterocycles. The first-order valence-corrected chi connectivity index (χ1v) is 7.92. The van der Waals surface area contributed by atoms with Crippen LogP contribution in [0.25, 0.3) is 0 Å². The van der Waals surface area contributed by atoms with Crippen LogP contribution < -0.4 is 15.1 Å². The van der Waals surface area contributed by atoms with Crippen molar-refractivity contribution in [2.45, 2.75) is 24.3 Å². The Labute approximate surface area is 134 Å². The number of nitrogens with zero attached hydrogens (tertiary/aromatic N) is 1. The molecule has 122 valence electrons. The highest BCUT2D eigenvalue weighted by molar-refractivity contribution is 6.48. The molecule has 2 heterocycles. The molecule has 4 N–H and O–H groups in total. The summed E-state index contributed by atoms with van der Waals surface area (Å²) in [5.74, 6) is -0.238. The Morgan fingerprint density at radius 2 is 2.26 bits per heavy atom. The van der Waals surface area contributed by atoms with Crippen molar-refractivity contribution in [2.24, 2.45) is 5.73 Å². The zero-order valence-corrected chi connectivity index (χ0v) is 12.6. The van der Waals surface area contributed by atoms with Crippen LogP contribution in [-0.2, 0) is 0 Å². The lowest BCUT2D eigenvalue weighted by atomic mass is 9.77. The van der Waals surface area contributed by atoms with Gasteiger partial charge in [-0.2, -0.15) is 0 Å². The summed E-state index contributed by atoms with van der Waals surface area (Å²) < 4.78 is 11.3. The van der Waals surface area contributed by atoms with Crippen LogP contribution in [0.1, 0.15) is 28.3 Å². The van der Waals surface area contributed by atoms with Gasteiger partial charge in [0.05, 0.1) is 0 Å². The lowest BCUT2D eigenvalue weighted by Crippen LogP contribution is -2.55. The second-order valence-electron chi connectivity index (χ2n) is 6.46. The number of hydrogen-bond acceptors (Lipinski definition) is 6. The summed E-state index contributed by atoms with van der Waals surface area (Å²) in [6.07, 6.45) is 0.796. The summed E-state index contributed by atoms with van der Waals surface area (Å²) in [4.78, 5) is 13.9. The van der Waals surface area contributed by atoms with E-state index in [-0.39, 0.29) is 29.2 Å². The minimum absolute atomic E-state index is 0.0178. The summed E-state index contributed by atoms with van der Waals surface area (Å²) >= 11 is 0. The lowest BCUT2D eigenvalue weighted by molar-refractivity contribution is 0.0210. The first-order chi connectivity index (χ1) is 11.1. The minimum Gasteiger partial charge on any atom is -0.535 e. The Morgan fingerprint density at radius 3 is 2.96 bits per heavy atom. The zero-order valence-electron chi connectivity index (χ0n) is 12.6. The molecule has 0 amide bonds. The van der Waals surface area contributed by atoms with Crippen molar-refractivity contribution in [1.29, 1.82) is 0 Å². The van der Waals surface area contributed by atoms with Crippen LogP contribution in [-0.4, -0.2) is 60.4 Å². The van der Waals surface area contributed by atoms with E-state index in [1.54, 1.807) is 6.07 Å². The molecule has 0 aromatic heterocycles. The van der Waals surface area contributed by atoms with E-state index in [1.807, 2.05) is 6.07 Å². The van der Waals surface area contributed by atoms with Gasteiger partial charge in [-0.15, -0.1) is 0 Å². The molecule has 2 fully saturated rings. The summed E-state index contributed by atoms with van der Waals surface area (Å²) in [6, 6.07) is 3.58. The molecule has 1 unspecified atom stereocenters. The number of carboxylic acids is 1.